The average molecular weight is 217 g/mol. The van der Waals surface area contributed by atoms with Crippen LogP contribution in [-0.2, 0) is 6.54 Å². The Morgan fingerprint density at radius 2 is 2.06 bits per heavy atom. The Kier molecular flexibility index (Phi) is 2.92. The Morgan fingerprint density at radius 1 is 1.38 bits per heavy atom. The summed E-state index contributed by atoms with van der Waals surface area (Å²) in [5.74, 6) is 0. The summed E-state index contributed by atoms with van der Waals surface area (Å²) in [4.78, 5) is 0. The summed E-state index contributed by atoms with van der Waals surface area (Å²) in [6.07, 6.45) is 3.12. The molecule has 2 rings (SSSR count). The lowest BCUT2D eigenvalue weighted by Crippen LogP contribution is -2.09. The fourth-order valence-electron chi connectivity index (χ4n) is 1.57. The second kappa shape index (κ2) is 4.37. The molecule has 0 aliphatic carbocycles. The third kappa shape index (κ3) is 2.41. The Balaban J connectivity index is 2.08. The zero-order valence-electron chi connectivity index (χ0n) is 9.17. The molecule has 0 bridgehead atoms. The smallest absolute Gasteiger partial charge is 0.0985 e. The van der Waals surface area contributed by atoms with Gasteiger partial charge in [-0.2, -0.15) is 5.10 Å². The standard InChI is InChI=1S/C12H15N3O/c1-9-6-14-15(7-9)8-12(16)10-2-4-11(13)5-3-10/h2-7,12,16H,8,13H2,1H3. The SMILES string of the molecule is Cc1cnn(CC(O)c2ccc(N)cc2)c1. The van der Waals surface area contributed by atoms with Crippen LogP contribution in [0.1, 0.15) is 17.2 Å². The molecule has 4 nitrogen and oxygen atoms in total. The number of aliphatic hydroxyl groups is 1. The summed E-state index contributed by atoms with van der Waals surface area (Å²) in [6, 6.07) is 7.23. The summed E-state index contributed by atoms with van der Waals surface area (Å²) in [5.41, 5.74) is 8.22. The number of aryl methyl sites for hydroxylation is 1. The summed E-state index contributed by atoms with van der Waals surface area (Å²) in [7, 11) is 0. The summed E-state index contributed by atoms with van der Waals surface area (Å²) in [5, 5.41) is 14.1. The van der Waals surface area contributed by atoms with E-state index >= 15 is 0 Å². The van der Waals surface area contributed by atoms with Crippen molar-refractivity contribution in [2.24, 2.45) is 0 Å². The third-order valence-electron chi connectivity index (χ3n) is 2.44. The van der Waals surface area contributed by atoms with E-state index in [0.717, 1.165) is 11.1 Å². The van der Waals surface area contributed by atoms with Gasteiger partial charge in [0.1, 0.15) is 0 Å². The highest BCUT2D eigenvalue weighted by atomic mass is 16.3. The predicted octanol–water partition coefficient (Wildman–Crippen LogP) is 1.51. The number of nitrogens with two attached hydrogens (primary N) is 1. The van der Waals surface area contributed by atoms with Crippen LogP contribution in [0.3, 0.4) is 0 Å². The molecule has 0 saturated carbocycles. The first-order valence-corrected chi connectivity index (χ1v) is 5.18. The molecule has 1 atom stereocenters. The molecule has 0 amide bonds. The number of benzene rings is 1. The molecular weight excluding hydrogens is 202 g/mol. The largest absolute Gasteiger partial charge is 0.399 e. The zero-order valence-corrected chi connectivity index (χ0v) is 9.17. The van der Waals surface area contributed by atoms with Crippen molar-refractivity contribution in [2.75, 3.05) is 5.73 Å². The van der Waals surface area contributed by atoms with E-state index in [2.05, 4.69) is 5.10 Å². The maximum absolute atomic E-state index is 9.97. The molecule has 3 N–H and O–H groups in total. The van der Waals surface area contributed by atoms with Crippen molar-refractivity contribution >= 4 is 5.69 Å². The van der Waals surface area contributed by atoms with E-state index in [1.54, 1.807) is 23.0 Å². The number of hydrogen-bond donors (Lipinski definition) is 2. The number of rotatable bonds is 3. The lowest BCUT2D eigenvalue weighted by Gasteiger charge is -2.11. The van der Waals surface area contributed by atoms with Gasteiger partial charge in [0.2, 0.25) is 0 Å². The van der Waals surface area contributed by atoms with Crippen LogP contribution in [0.2, 0.25) is 0 Å². The number of aromatic nitrogens is 2. The van der Waals surface area contributed by atoms with Gasteiger partial charge in [0.15, 0.2) is 0 Å². The fraction of sp³-hybridized carbons (Fsp3) is 0.250. The first kappa shape index (κ1) is 10.7. The summed E-state index contributed by atoms with van der Waals surface area (Å²) in [6.45, 7) is 2.43. The van der Waals surface area contributed by atoms with Crippen LogP contribution >= 0.6 is 0 Å². The van der Waals surface area contributed by atoms with Crippen molar-refractivity contribution in [1.82, 2.24) is 9.78 Å². The molecule has 0 aliphatic heterocycles. The quantitative estimate of drug-likeness (QED) is 0.766. The molecule has 1 aromatic heterocycles. The van der Waals surface area contributed by atoms with Crippen molar-refractivity contribution in [1.29, 1.82) is 0 Å². The summed E-state index contributed by atoms with van der Waals surface area (Å²) < 4.78 is 1.73. The second-order valence-electron chi connectivity index (χ2n) is 3.92. The maximum Gasteiger partial charge on any atom is 0.0985 e. The van der Waals surface area contributed by atoms with Gasteiger partial charge in [0.25, 0.3) is 0 Å². The van der Waals surface area contributed by atoms with Gasteiger partial charge in [-0.3, -0.25) is 4.68 Å². The Hall–Kier alpha value is -1.81. The van der Waals surface area contributed by atoms with Crippen LogP contribution in [-0.4, -0.2) is 14.9 Å². The van der Waals surface area contributed by atoms with E-state index < -0.39 is 6.10 Å². The van der Waals surface area contributed by atoms with Gasteiger partial charge in [0.05, 0.1) is 18.8 Å². The predicted molar refractivity (Wildman–Crippen MR) is 62.8 cm³/mol. The van der Waals surface area contributed by atoms with Gasteiger partial charge >= 0.3 is 0 Å². The van der Waals surface area contributed by atoms with Gasteiger partial charge in [-0.25, -0.2) is 0 Å². The molecule has 0 spiro atoms. The van der Waals surface area contributed by atoms with Gasteiger partial charge in [-0.15, -0.1) is 0 Å². The molecule has 0 fully saturated rings. The van der Waals surface area contributed by atoms with Gasteiger partial charge in [0, 0.05) is 11.9 Å². The van der Waals surface area contributed by atoms with Crippen LogP contribution in [0.15, 0.2) is 36.7 Å². The van der Waals surface area contributed by atoms with E-state index in [9.17, 15) is 5.11 Å². The monoisotopic (exact) mass is 217 g/mol. The van der Waals surface area contributed by atoms with Crippen LogP contribution in [0, 0.1) is 6.92 Å². The van der Waals surface area contributed by atoms with Crippen LogP contribution in [0.25, 0.3) is 0 Å². The third-order valence-corrected chi connectivity index (χ3v) is 2.44. The normalized spacial score (nSPS) is 12.6. The lowest BCUT2D eigenvalue weighted by atomic mass is 10.1. The Labute approximate surface area is 94.3 Å². The Bertz CT molecular complexity index is 461. The van der Waals surface area contributed by atoms with Crippen molar-refractivity contribution in [3.8, 4) is 0 Å². The minimum atomic E-state index is -0.556. The fourth-order valence-corrected chi connectivity index (χ4v) is 1.57. The van der Waals surface area contributed by atoms with Crippen LogP contribution in [0.5, 0.6) is 0 Å². The minimum absolute atomic E-state index is 0.456. The molecule has 2 aromatic rings. The van der Waals surface area contributed by atoms with Crippen molar-refractivity contribution in [3.63, 3.8) is 0 Å². The van der Waals surface area contributed by atoms with Crippen LogP contribution in [0.4, 0.5) is 5.69 Å². The molecule has 1 heterocycles. The zero-order chi connectivity index (χ0) is 11.5. The topological polar surface area (TPSA) is 64.1 Å². The van der Waals surface area contributed by atoms with Gasteiger partial charge in [-0.05, 0) is 30.2 Å². The van der Waals surface area contributed by atoms with Crippen molar-refractivity contribution in [2.45, 2.75) is 19.6 Å². The molecule has 84 valence electrons. The molecule has 0 aliphatic rings. The highest BCUT2D eigenvalue weighted by Crippen LogP contribution is 2.16. The molecule has 1 unspecified atom stereocenters. The van der Waals surface area contributed by atoms with Gasteiger partial charge < -0.3 is 10.8 Å². The molecule has 0 radical (unpaired) electrons. The van der Waals surface area contributed by atoms with E-state index in [-0.39, 0.29) is 0 Å². The van der Waals surface area contributed by atoms with Crippen LogP contribution < -0.4 is 5.73 Å². The van der Waals surface area contributed by atoms with E-state index in [1.807, 2.05) is 25.3 Å². The number of nitrogen functional groups attached to an aromatic ring is 1. The van der Waals surface area contributed by atoms with E-state index in [1.165, 1.54) is 0 Å². The number of aliphatic hydroxyl groups excluding tert-OH is 1. The minimum Gasteiger partial charge on any atom is -0.399 e. The molecular formula is C12H15N3O. The van der Waals surface area contributed by atoms with Crippen molar-refractivity contribution < 1.29 is 5.11 Å². The van der Waals surface area contributed by atoms with Crippen molar-refractivity contribution in [3.05, 3.63) is 47.8 Å². The molecule has 4 heteroatoms. The molecule has 0 saturated heterocycles. The maximum atomic E-state index is 9.97. The van der Waals surface area contributed by atoms with Gasteiger partial charge in [-0.1, -0.05) is 12.1 Å². The number of hydrogen-bond acceptors (Lipinski definition) is 3. The average Bonchev–Trinajstić information content (AvgIpc) is 2.65. The molecule has 16 heavy (non-hydrogen) atoms. The first-order valence-electron chi connectivity index (χ1n) is 5.18. The lowest BCUT2D eigenvalue weighted by molar-refractivity contribution is 0.151. The highest BCUT2D eigenvalue weighted by molar-refractivity contribution is 5.39. The highest BCUT2D eigenvalue weighted by Gasteiger charge is 2.08. The second-order valence-corrected chi connectivity index (χ2v) is 3.92. The molecule has 1 aromatic carbocycles. The van der Waals surface area contributed by atoms with E-state index in [4.69, 9.17) is 5.73 Å². The summed E-state index contributed by atoms with van der Waals surface area (Å²) >= 11 is 0. The number of anilines is 1. The Morgan fingerprint density at radius 3 is 2.62 bits per heavy atom. The number of nitrogens with zero attached hydrogens (tertiary/aromatic N) is 2. The van der Waals surface area contributed by atoms with E-state index in [0.29, 0.717) is 12.2 Å². The first-order chi connectivity index (χ1) is 7.65.